The van der Waals surface area contributed by atoms with Crippen LogP contribution in [0.1, 0.15) is 33.6 Å². The summed E-state index contributed by atoms with van der Waals surface area (Å²) in [4.78, 5) is 15.9. The molecule has 0 saturated carbocycles. The standard InChI is InChI=1S/C19H31N3O4/c1-5-20-19(21-13-9-12-18(23)25-6-2)22-14-15(3)26-17-11-8-7-10-16(17)24-4/h7-8,10-11,15H,5-6,9,12-14H2,1-4H3,(H2,20,21,22). The van der Waals surface area contributed by atoms with Crippen LogP contribution in [0, 0.1) is 0 Å². The second-order valence-corrected chi connectivity index (χ2v) is 5.63. The van der Waals surface area contributed by atoms with Gasteiger partial charge in [-0.15, -0.1) is 0 Å². The van der Waals surface area contributed by atoms with Crippen molar-refractivity contribution >= 4 is 11.9 Å². The Labute approximate surface area is 156 Å². The van der Waals surface area contributed by atoms with Crippen molar-refractivity contribution in [1.29, 1.82) is 0 Å². The Morgan fingerprint density at radius 2 is 1.92 bits per heavy atom. The molecule has 0 radical (unpaired) electrons. The summed E-state index contributed by atoms with van der Waals surface area (Å²) >= 11 is 0. The van der Waals surface area contributed by atoms with Crippen LogP contribution in [0.4, 0.5) is 0 Å². The number of para-hydroxylation sites is 2. The van der Waals surface area contributed by atoms with Gasteiger partial charge in [0.15, 0.2) is 17.5 Å². The van der Waals surface area contributed by atoms with Crippen LogP contribution in [0.2, 0.25) is 0 Å². The third kappa shape index (κ3) is 8.60. The van der Waals surface area contributed by atoms with E-state index >= 15 is 0 Å². The van der Waals surface area contributed by atoms with Crippen LogP contribution < -0.4 is 20.1 Å². The van der Waals surface area contributed by atoms with Crippen molar-refractivity contribution in [2.75, 3.05) is 33.4 Å². The lowest BCUT2D eigenvalue weighted by atomic mass is 10.3. The third-order valence-electron chi connectivity index (χ3n) is 3.40. The van der Waals surface area contributed by atoms with Crippen molar-refractivity contribution in [1.82, 2.24) is 10.6 Å². The highest BCUT2D eigenvalue weighted by atomic mass is 16.5. The molecule has 7 heteroatoms. The van der Waals surface area contributed by atoms with Crippen LogP contribution in [-0.4, -0.2) is 51.4 Å². The molecular weight excluding hydrogens is 334 g/mol. The average Bonchev–Trinajstić information content (AvgIpc) is 2.63. The number of hydrogen-bond donors (Lipinski definition) is 2. The monoisotopic (exact) mass is 365 g/mol. The molecule has 0 fully saturated rings. The molecule has 1 aromatic rings. The molecule has 2 N–H and O–H groups in total. The zero-order valence-corrected chi connectivity index (χ0v) is 16.2. The summed E-state index contributed by atoms with van der Waals surface area (Å²) in [6.45, 7) is 8.08. The Morgan fingerprint density at radius 3 is 2.58 bits per heavy atom. The summed E-state index contributed by atoms with van der Waals surface area (Å²) in [5, 5.41) is 6.39. The van der Waals surface area contributed by atoms with Gasteiger partial charge in [-0.2, -0.15) is 0 Å². The molecule has 0 aliphatic carbocycles. The molecule has 0 aliphatic heterocycles. The Hall–Kier alpha value is -2.44. The Morgan fingerprint density at radius 1 is 1.19 bits per heavy atom. The summed E-state index contributed by atoms with van der Waals surface area (Å²) in [5.74, 6) is 1.93. The fourth-order valence-corrected chi connectivity index (χ4v) is 2.20. The minimum absolute atomic E-state index is 0.110. The molecule has 0 spiro atoms. The normalized spacial score (nSPS) is 12.2. The first-order valence-corrected chi connectivity index (χ1v) is 9.08. The van der Waals surface area contributed by atoms with E-state index in [1.54, 1.807) is 14.0 Å². The molecule has 0 bridgehead atoms. The smallest absolute Gasteiger partial charge is 0.305 e. The van der Waals surface area contributed by atoms with Gasteiger partial charge in [0, 0.05) is 19.5 Å². The van der Waals surface area contributed by atoms with Crippen molar-refractivity contribution in [2.45, 2.75) is 39.7 Å². The van der Waals surface area contributed by atoms with E-state index in [0.717, 1.165) is 6.54 Å². The average molecular weight is 365 g/mol. The predicted octanol–water partition coefficient (Wildman–Crippen LogP) is 2.36. The highest BCUT2D eigenvalue weighted by Crippen LogP contribution is 2.26. The first kappa shape index (κ1) is 21.6. The van der Waals surface area contributed by atoms with E-state index < -0.39 is 0 Å². The van der Waals surface area contributed by atoms with E-state index in [4.69, 9.17) is 14.2 Å². The van der Waals surface area contributed by atoms with Gasteiger partial charge in [-0.05, 0) is 39.3 Å². The highest BCUT2D eigenvalue weighted by molar-refractivity contribution is 5.79. The molecule has 146 valence electrons. The van der Waals surface area contributed by atoms with E-state index in [1.807, 2.05) is 38.1 Å². The largest absolute Gasteiger partial charge is 0.493 e. The highest BCUT2D eigenvalue weighted by Gasteiger charge is 2.09. The second kappa shape index (κ2) is 12.9. The SMILES string of the molecule is CCNC(=NCC(C)Oc1ccccc1OC)NCCCC(=O)OCC. The number of guanidine groups is 1. The number of nitrogens with one attached hydrogen (secondary N) is 2. The minimum atomic E-state index is -0.171. The van der Waals surface area contributed by atoms with E-state index in [9.17, 15) is 4.79 Å². The lowest BCUT2D eigenvalue weighted by Crippen LogP contribution is -2.38. The molecule has 7 nitrogen and oxygen atoms in total. The minimum Gasteiger partial charge on any atom is -0.493 e. The number of carbonyl (C=O) groups is 1. The molecule has 0 amide bonds. The molecule has 0 heterocycles. The third-order valence-corrected chi connectivity index (χ3v) is 3.40. The summed E-state index contributed by atoms with van der Waals surface area (Å²) in [6, 6.07) is 7.54. The van der Waals surface area contributed by atoms with Crippen molar-refractivity contribution in [3.63, 3.8) is 0 Å². The van der Waals surface area contributed by atoms with Crippen molar-refractivity contribution in [3.8, 4) is 11.5 Å². The number of rotatable bonds is 11. The first-order valence-electron chi connectivity index (χ1n) is 9.08. The van der Waals surface area contributed by atoms with Gasteiger partial charge in [-0.3, -0.25) is 4.79 Å². The van der Waals surface area contributed by atoms with Crippen LogP contribution >= 0.6 is 0 Å². The first-order chi connectivity index (χ1) is 12.6. The molecule has 1 rings (SSSR count). The van der Waals surface area contributed by atoms with Gasteiger partial charge in [0.2, 0.25) is 0 Å². The zero-order chi connectivity index (χ0) is 19.2. The van der Waals surface area contributed by atoms with Gasteiger partial charge < -0.3 is 24.8 Å². The van der Waals surface area contributed by atoms with Gasteiger partial charge in [-0.1, -0.05) is 12.1 Å². The van der Waals surface area contributed by atoms with Gasteiger partial charge in [0.1, 0.15) is 6.10 Å². The molecule has 26 heavy (non-hydrogen) atoms. The molecule has 0 aliphatic rings. The summed E-state index contributed by atoms with van der Waals surface area (Å²) in [7, 11) is 1.62. The molecule has 0 aromatic heterocycles. The number of methoxy groups -OCH3 is 1. The quantitative estimate of drug-likeness (QED) is 0.271. The molecule has 1 unspecified atom stereocenters. The number of nitrogens with zero attached hydrogens (tertiary/aromatic N) is 1. The van der Waals surface area contributed by atoms with Gasteiger partial charge in [0.25, 0.3) is 0 Å². The van der Waals surface area contributed by atoms with Gasteiger partial charge in [-0.25, -0.2) is 4.99 Å². The molecular formula is C19H31N3O4. The zero-order valence-electron chi connectivity index (χ0n) is 16.2. The van der Waals surface area contributed by atoms with Crippen molar-refractivity contribution in [3.05, 3.63) is 24.3 Å². The number of esters is 1. The molecule has 0 saturated heterocycles. The summed E-state index contributed by atoms with van der Waals surface area (Å²) < 4.78 is 16.1. The van der Waals surface area contributed by atoms with Crippen LogP contribution in [-0.2, 0) is 9.53 Å². The number of benzene rings is 1. The number of aliphatic imine (C=N–C) groups is 1. The maximum absolute atomic E-state index is 11.3. The fourth-order valence-electron chi connectivity index (χ4n) is 2.20. The van der Waals surface area contributed by atoms with Gasteiger partial charge in [0.05, 0.1) is 20.3 Å². The maximum atomic E-state index is 11.3. The number of ether oxygens (including phenoxy) is 3. The second-order valence-electron chi connectivity index (χ2n) is 5.63. The Kier molecular flexibility index (Phi) is 10.7. The topological polar surface area (TPSA) is 81.2 Å². The van der Waals surface area contributed by atoms with E-state index in [2.05, 4.69) is 15.6 Å². The van der Waals surface area contributed by atoms with Crippen molar-refractivity contribution in [2.24, 2.45) is 4.99 Å². The lowest BCUT2D eigenvalue weighted by molar-refractivity contribution is -0.143. The predicted molar refractivity (Wildman–Crippen MR) is 103 cm³/mol. The number of carbonyl (C=O) groups excluding carboxylic acids is 1. The van der Waals surface area contributed by atoms with E-state index in [-0.39, 0.29) is 12.1 Å². The van der Waals surface area contributed by atoms with Gasteiger partial charge >= 0.3 is 5.97 Å². The van der Waals surface area contributed by atoms with Crippen LogP contribution in [0.5, 0.6) is 11.5 Å². The molecule has 1 aromatic carbocycles. The summed E-state index contributed by atoms with van der Waals surface area (Å²) in [6.07, 6.45) is 0.977. The van der Waals surface area contributed by atoms with Crippen molar-refractivity contribution < 1.29 is 19.0 Å². The van der Waals surface area contributed by atoms with E-state index in [1.165, 1.54) is 0 Å². The maximum Gasteiger partial charge on any atom is 0.305 e. The van der Waals surface area contributed by atoms with Crippen LogP contribution in [0.15, 0.2) is 29.3 Å². The summed E-state index contributed by atoms with van der Waals surface area (Å²) in [5.41, 5.74) is 0. The van der Waals surface area contributed by atoms with Crippen LogP contribution in [0.3, 0.4) is 0 Å². The Balaban J connectivity index is 2.45. The molecule has 1 atom stereocenters. The Bertz CT molecular complexity index is 563. The van der Waals surface area contributed by atoms with Crippen LogP contribution in [0.25, 0.3) is 0 Å². The number of hydrogen-bond acceptors (Lipinski definition) is 5. The lowest BCUT2D eigenvalue weighted by Gasteiger charge is -2.16. The fraction of sp³-hybridized carbons (Fsp3) is 0.579. The van der Waals surface area contributed by atoms with E-state index in [0.29, 0.717) is 50.0 Å².